The predicted molar refractivity (Wildman–Crippen MR) is 80.1 cm³/mol. The second kappa shape index (κ2) is 6.99. The van der Waals surface area contributed by atoms with Gasteiger partial charge in [-0.05, 0) is 24.3 Å². The Kier molecular flexibility index (Phi) is 5.05. The average Bonchev–Trinajstić information content (AvgIpc) is 2.48. The van der Waals surface area contributed by atoms with E-state index < -0.39 is 24.3 Å². The van der Waals surface area contributed by atoms with Crippen LogP contribution in [0.15, 0.2) is 45.8 Å². The highest BCUT2D eigenvalue weighted by molar-refractivity contribution is 9.10. The van der Waals surface area contributed by atoms with Crippen molar-refractivity contribution < 1.29 is 18.7 Å². The second-order valence-corrected chi connectivity index (χ2v) is 5.11. The number of rotatable bonds is 4. The Bertz CT molecular complexity index is 755. The lowest BCUT2D eigenvalue weighted by Crippen LogP contribution is -2.21. The van der Waals surface area contributed by atoms with Gasteiger partial charge < -0.3 is 15.0 Å². The number of nitrogens with one attached hydrogen (secondary N) is 2. The normalized spacial score (nSPS) is 10.1. The molecule has 1 aromatic carbocycles. The van der Waals surface area contributed by atoms with Crippen LogP contribution in [0.4, 0.5) is 10.1 Å². The molecule has 0 atom stereocenters. The average molecular weight is 369 g/mol. The Morgan fingerprint density at radius 3 is 2.68 bits per heavy atom. The number of aromatic amines is 1. The van der Waals surface area contributed by atoms with Crippen molar-refractivity contribution in [2.24, 2.45) is 0 Å². The van der Waals surface area contributed by atoms with Gasteiger partial charge in [0.1, 0.15) is 5.82 Å². The van der Waals surface area contributed by atoms with Crippen molar-refractivity contribution in [2.45, 2.75) is 0 Å². The first-order valence-electron chi connectivity index (χ1n) is 6.06. The standard InChI is InChI=1S/C14H10BrFN2O4/c15-9-2-3-11(10(16)5-9)18-13(20)7-22-14(21)8-1-4-12(19)17-6-8/h1-6H,7H2,(H,17,19)(H,18,20). The molecule has 114 valence electrons. The van der Waals surface area contributed by atoms with Crippen LogP contribution in [0.1, 0.15) is 10.4 Å². The molecule has 0 unspecified atom stereocenters. The SMILES string of the molecule is O=C(COC(=O)c1ccc(=O)[nH]c1)Nc1ccc(Br)cc1F. The van der Waals surface area contributed by atoms with Gasteiger partial charge in [0.25, 0.3) is 5.91 Å². The summed E-state index contributed by atoms with van der Waals surface area (Å²) in [6.45, 7) is -0.576. The van der Waals surface area contributed by atoms with Crippen LogP contribution in [0.2, 0.25) is 0 Å². The maximum absolute atomic E-state index is 13.5. The number of amides is 1. The zero-order valence-electron chi connectivity index (χ0n) is 11.1. The van der Waals surface area contributed by atoms with Crippen molar-refractivity contribution in [3.05, 3.63) is 62.7 Å². The molecule has 0 aliphatic heterocycles. The van der Waals surface area contributed by atoms with Gasteiger partial charge in [0.2, 0.25) is 5.56 Å². The van der Waals surface area contributed by atoms with Crippen LogP contribution in [0.25, 0.3) is 0 Å². The van der Waals surface area contributed by atoms with Gasteiger partial charge in [0.15, 0.2) is 6.61 Å². The van der Waals surface area contributed by atoms with Gasteiger partial charge in [0.05, 0.1) is 11.3 Å². The molecule has 1 amide bonds. The highest BCUT2D eigenvalue weighted by atomic mass is 79.9. The van der Waals surface area contributed by atoms with E-state index in [4.69, 9.17) is 4.74 Å². The maximum Gasteiger partial charge on any atom is 0.340 e. The van der Waals surface area contributed by atoms with Crippen LogP contribution in [0.3, 0.4) is 0 Å². The smallest absolute Gasteiger partial charge is 0.340 e. The molecule has 0 spiro atoms. The molecule has 0 bridgehead atoms. The Morgan fingerprint density at radius 2 is 2.05 bits per heavy atom. The Hall–Kier alpha value is -2.48. The van der Waals surface area contributed by atoms with Gasteiger partial charge in [-0.25, -0.2) is 9.18 Å². The van der Waals surface area contributed by atoms with E-state index in [9.17, 15) is 18.8 Å². The number of aromatic nitrogens is 1. The summed E-state index contributed by atoms with van der Waals surface area (Å²) in [6, 6.07) is 6.56. The van der Waals surface area contributed by atoms with E-state index in [-0.39, 0.29) is 16.8 Å². The van der Waals surface area contributed by atoms with Gasteiger partial charge in [-0.3, -0.25) is 9.59 Å². The predicted octanol–water partition coefficient (Wildman–Crippen LogP) is 2.07. The number of esters is 1. The maximum atomic E-state index is 13.5. The number of hydrogen-bond acceptors (Lipinski definition) is 4. The summed E-state index contributed by atoms with van der Waals surface area (Å²) in [6.07, 6.45) is 1.18. The molecule has 0 aliphatic carbocycles. The van der Waals surface area contributed by atoms with Crippen LogP contribution < -0.4 is 10.9 Å². The minimum absolute atomic E-state index is 0.0201. The molecule has 22 heavy (non-hydrogen) atoms. The number of pyridine rings is 1. The molecule has 2 rings (SSSR count). The summed E-state index contributed by atoms with van der Waals surface area (Å²) >= 11 is 3.10. The third kappa shape index (κ3) is 4.26. The van der Waals surface area contributed by atoms with E-state index in [2.05, 4.69) is 26.2 Å². The number of anilines is 1. The van der Waals surface area contributed by atoms with Crippen molar-refractivity contribution >= 4 is 33.5 Å². The molecule has 1 heterocycles. The number of ether oxygens (including phenoxy) is 1. The largest absolute Gasteiger partial charge is 0.452 e. The minimum atomic E-state index is -0.775. The van der Waals surface area contributed by atoms with E-state index in [1.165, 1.54) is 24.4 Å². The van der Waals surface area contributed by atoms with Crippen LogP contribution >= 0.6 is 15.9 Å². The van der Waals surface area contributed by atoms with Crippen molar-refractivity contribution in [3.63, 3.8) is 0 Å². The lowest BCUT2D eigenvalue weighted by Gasteiger charge is -2.07. The van der Waals surface area contributed by atoms with Crippen molar-refractivity contribution in [1.82, 2.24) is 4.98 Å². The second-order valence-electron chi connectivity index (χ2n) is 4.19. The fraction of sp³-hybridized carbons (Fsp3) is 0.0714. The molecule has 0 saturated carbocycles. The number of carbonyl (C=O) groups excluding carboxylic acids is 2. The fourth-order valence-corrected chi connectivity index (χ4v) is 1.86. The molecule has 2 aromatic rings. The van der Waals surface area contributed by atoms with Gasteiger partial charge in [0, 0.05) is 16.7 Å². The van der Waals surface area contributed by atoms with Crippen molar-refractivity contribution in [2.75, 3.05) is 11.9 Å². The van der Waals surface area contributed by atoms with E-state index in [1.807, 2.05) is 0 Å². The molecule has 0 saturated heterocycles. The Morgan fingerprint density at radius 1 is 1.27 bits per heavy atom. The fourth-order valence-electron chi connectivity index (χ4n) is 1.53. The highest BCUT2D eigenvalue weighted by Gasteiger charge is 2.12. The number of halogens is 2. The van der Waals surface area contributed by atoms with Crippen LogP contribution in [-0.2, 0) is 9.53 Å². The monoisotopic (exact) mass is 368 g/mol. The van der Waals surface area contributed by atoms with Crippen LogP contribution in [0.5, 0.6) is 0 Å². The minimum Gasteiger partial charge on any atom is -0.452 e. The molecule has 6 nitrogen and oxygen atoms in total. The van der Waals surface area contributed by atoms with Gasteiger partial charge in [-0.15, -0.1) is 0 Å². The van der Waals surface area contributed by atoms with E-state index >= 15 is 0 Å². The Labute approximate surface area is 132 Å². The molecular formula is C14H10BrFN2O4. The lowest BCUT2D eigenvalue weighted by atomic mass is 10.3. The van der Waals surface area contributed by atoms with Gasteiger partial charge in [-0.1, -0.05) is 15.9 Å². The van der Waals surface area contributed by atoms with Crippen LogP contribution in [0, 0.1) is 5.82 Å². The van der Waals surface area contributed by atoms with Crippen molar-refractivity contribution in [1.29, 1.82) is 0 Å². The first kappa shape index (κ1) is 15.9. The molecule has 1 aromatic heterocycles. The molecule has 0 aliphatic rings. The Balaban J connectivity index is 1.91. The van der Waals surface area contributed by atoms with E-state index in [0.29, 0.717) is 4.47 Å². The lowest BCUT2D eigenvalue weighted by molar-refractivity contribution is -0.119. The summed E-state index contributed by atoms with van der Waals surface area (Å²) < 4.78 is 18.8. The third-order valence-corrected chi connectivity index (χ3v) is 3.05. The summed E-state index contributed by atoms with van der Waals surface area (Å²) in [4.78, 5) is 36.4. The summed E-state index contributed by atoms with van der Waals surface area (Å²) in [5, 5.41) is 2.28. The first-order valence-corrected chi connectivity index (χ1v) is 6.86. The van der Waals surface area contributed by atoms with Crippen molar-refractivity contribution in [3.8, 4) is 0 Å². The molecule has 0 radical (unpaired) electrons. The summed E-state index contributed by atoms with van der Waals surface area (Å²) in [7, 11) is 0. The van der Waals surface area contributed by atoms with Crippen LogP contribution in [-0.4, -0.2) is 23.5 Å². The summed E-state index contributed by atoms with van der Waals surface area (Å²) in [5.74, 6) is -2.07. The van der Waals surface area contributed by atoms with E-state index in [0.717, 1.165) is 6.07 Å². The summed E-state index contributed by atoms with van der Waals surface area (Å²) in [5.41, 5.74) is -0.282. The number of hydrogen-bond donors (Lipinski definition) is 2. The first-order chi connectivity index (χ1) is 10.5. The van der Waals surface area contributed by atoms with Gasteiger partial charge >= 0.3 is 5.97 Å². The molecular weight excluding hydrogens is 359 g/mol. The quantitative estimate of drug-likeness (QED) is 0.808. The zero-order valence-corrected chi connectivity index (χ0v) is 12.6. The third-order valence-electron chi connectivity index (χ3n) is 2.56. The highest BCUT2D eigenvalue weighted by Crippen LogP contribution is 2.19. The van der Waals surface area contributed by atoms with E-state index in [1.54, 1.807) is 6.07 Å². The zero-order chi connectivity index (χ0) is 16.1. The molecule has 0 fully saturated rings. The number of benzene rings is 1. The molecule has 8 heteroatoms. The molecule has 2 N–H and O–H groups in total. The number of carbonyl (C=O) groups is 2. The van der Waals surface area contributed by atoms with Gasteiger partial charge in [-0.2, -0.15) is 0 Å². The topological polar surface area (TPSA) is 88.3 Å². The number of H-pyrrole nitrogens is 1.